The van der Waals surface area contributed by atoms with Crippen LogP contribution in [-0.4, -0.2) is 61.7 Å². The maximum absolute atomic E-state index is 14.5. The van der Waals surface area contributed by atoms with Gasteiger partial charge in [0.1, 0.15) is 13.2 Å². The Morgan fingerprint density at radius 1 is 0.367 bits per heavy atom. The second-order valence-electron chi connectivity index (χ2n) is 13.8. The van der Waals surface area contributed by atoms with Gasteiger partial charge in [-0.1, -0.05) is 121 Å². The molecule has 2 amide bonds. The van der Waals surface area contributed by atoms with E-state index in [4.69, 9.17) is 18.9 Å². The van der Waals surface area contributed by atoms with E-state index < -0.39 is 35.3 Å². The molecule has 12 nitrogen and oxygen atoms in total. The van der Waals surface area contributed by atoms with Crippen molar-refractivity contribution < 1.29 is 47.7 Å². The summed E-state index contributed by atoms with van der Waals surface area (Å²) in [7, 11) is 0. The lowest BCUT2D eigenvalue weighted by Crippen LogP contribution is -2.27. The lowest BCUT2D eigenvalue weighted by atomic mass is 9.75. The zero-order valence-electron chi connectivity index (χ0n) is 32.0. The molecule has 2 N–H and O–H groups in total. The lowest BCUT2D eigenvalue weighted by molar-refractivity contribution is 0.0695. The number of hydrogen-bond acceptors (Lipinski definition) is 10. The normalized spacial score (nSPS) is 12.5. The number of ether oxygens (including phenoxy) is 4. The average Bonchev–Trinajstić information content (AvgIpc) is 3.27. The zero-order chi connectivity index (χ0) is 41.6. The highest BCUT2D eigenvalue weighted by Gasteiger charge is 2.39. The van der Waals surface area contributed by atoms with Gasteiger partial charge in [-0.25, -0.2) is 9.59 Å². The van der Waals surface area contributed by atoms with Crippen molar-refractivity contribution in [2.24, 2.45) is 0 Å². The number of fused-ring (bicyclic) bond motifs is 4. The molecule has 6 aromatic rings. The Bertz CT molecular complexity index is 2490. The first-order valence-corrected chi connectivity index (χ1v) is 19.1. The molecule has 6 aromatic carbocycles. The minimum atomic E-state index is -0.882. The van der Waals surface area contributed by atoms with E-state index in [0.717, 1.165) is 11.1 Å². The highest BCUT2D eigenvalue weighted by Crippen LogP contribution is 2.43. The second-order valence-corrected chi connectivity index (χ2v) is 13.8. The maximum atomic E-state index is 14.5. The number of nitrogens with one attached hydrogen (secondary N) is 2. The molecule has 0 saturated heterocycles. The molecule has 0 heterocycles. The summed E-state index contributed by atoms with van der Waals surface area (Å²) in [5, 5.41) is 5.23. The van der Waals surface area contributed by atoms with Gasteiger partial charge >= 0.3 is 12.2 Å². The van der Waals surface area contributed by atoms with Crippen molar-refractivity contribution in [2.45, 2.75) is 13.2 Å². The fourth-order valence-corrected chi connectivity index (χ4v) is 7.31. The van der Waals surface area contributed by atoms with Crippen LogP contribution in [0.2, 0.25) is 0 Å². The van der Waals surface area contributed by atoms with Crippen molar-refractivity contribution in [3.05, 3.63) is 189 Å². The molecule has 298 valence electrons. The Balaban J connectivity index is 1.10. The lowest BCUT2D eigenvalue weighted by Gasteiger charge is -2.26. The van der Waals surface area contributed by atoms with Crippen LogP contribution in [0.25, 0.3) is 11.1 Å². The quantitative estimate of drug-likeness (QED) is 0.108. The van der Waals surface area contributed by atoms with Crippen LogP contribution in [0.4, 0.5) is 21.0 Å². The van der Waals surface area contributed by atoms with E-state index >= 15 is 0 Å². The summed E-state index contributed by atoms with van der Waals surface area (Å²) in [6.45, 7) is 0.690. The summed E-state index contributed by atoms with van der Waals surface area (Å²) in [4.78, 5) is 83.6. The van der Waals surface area contributed by atoms with E-state index in [-0.39, 0.29) is 93.4 Å². The molecule has 0 saturated carbocycles. The summed E-state index contributed by atoms with van der Waals surface area (Å²) in [5.41, 5.74) is 2.36. The largest absolute Gasteiger partial charge is 0.447 e. The van der Waals surface area contributed by atoms with Crippen LogP contribution in [0.15, 0.2) is 133 Å². The third kappa shape index (κ3) is 7.97. The van der Waals surface area contributed by atoms with Crippen LogP contribution in [0.5, 0.6) is 0 Å². The fourth-order valence-electron chi connectivity index (χ4n) is 7.31. The van der Waals surface area contributed by atoms with Crippen molar-refractivity contribution in [2.75, 3.05) is 37.1 Å². The van der Waals surface area contributed by atoms with Crippen molar-refractivity contribution in [1.82, 2.24) is 0 Å². The average molecular weight is 801 g/mol. The fraction of sp³-hybridized carbons (Fsp3) is 0.125. The van der Waals surface area contributed by atoms with Crippen LogP contribution in [0, 0.1) is 0 Å². The van der Waals surface area contributed by atoms with Gasteiger partial charge in [0.25, 0.3) is 0 Å². The number of amides is 2. The molecule has 2 aliphatic carbocycles. The van der Waals surface area contributed by atoms with E-state index in [1.54, 1.807) is 24.3 Å². The predicted molar refractivity (Wildman–Crippen MR) is 221 cm³/mol. The van der Waals surface area contributed by atoms with Crippen LogP contribution < -0.4 is 10.6 Å². The Morgan fingerprint density at radius 3 is 1.07 bits per heavy atom. The Kier molecular flexibility index (Phi) is 11.5. The topological polar surface area (TPSA) is 163 Å². The van der Waals surface area contributed by atoms with Gasteiger partial charge in [0.05, 0.1) is 48.9 Å². The molecule has 12 heteroatoms. The molecule has 0 atom stereocenters. The summed E-state index contributed by atoms with van der Waals surface area (Å²) < 4.78 is 21.9. The first kappa shape index (κ1) is 39.3. The number of ketones is 4. The molecule has 0 unspecified atom stereocenters. The minimum absolute atomic E-state index is 0.00667. The maximum Gasteiger partial charge on any atom is 0.411 e. The van der Waals surface area contributed by atoms with Gasteiger partial charge in [0.15, 0.2) is 23.1 Å². The highest BCUT2D eigenvalue weighted by atomic mass is 16.6. The van der Waals surface area contributed by atoms with Crippen molar-refractivity contribution in [1.29, 1.82) is 0 Å². The third-order valence-corrected chi connectivity index (χ3v) is 10.1. The van der Waals surface area contributed by atoms with Gasteiger partial charge in [-0.05, 0) is 34.4 Å². The monoisotopic (exact) mass is 800 g/mol. The van der Waals surface area contributed by atoms with E-state index in [1.807, 2.05) is 60.7 Å². The number of rotatable bonds is 13. The Morgan fingerprint density at radius 2 is 0.700 bits per heavy atom. The van der Waals surface area contributed by atoms with Crippen LogP contribution in [0.3, 0.4) is 0 Å². The van der Waals surface area contributed by atoms with Crippen LogP contribution in [0.1, 0.15) is 74.8 Å². The van der Waals surface area contributed by atoms with E-state index in [1.165, 1.54) is 48.5 Å². The van der Waals surface area contributed by atoms with Gasteiger partial charge in [0.2, 0.25) is 0 Å². The number of carbonyl (C=O) groups excluding carboxylic acids is 6. The Labute approximate surface area is 344 Å². The smallest absolute Gasteiger partial charge is 0.411 e. The van der Waals surface area contributed by atoms with Gasteiger partial charge in [-0.15, -0.1) is 0 Å². The van der Waals surface area contributed by atoms with Crippen molar-refractivity contribution in [3.63, 3.8) is 0 Å². The Hall–Kier alpha value is -7.54. The molecule has 0 radical (unpaired) electrons. The number of carbonyl (C=O) groups is 6. The first-order valence-electron chi connectivity index (χ1n) is 19.1. The molecule has 60 heavy (non-hydrogen) atoms. The summed E-state index contributed by atoms with van der Waals surface area (Å²) in [5.74, 6) is -2.16. The van der Waals surface area contributed by atoms with Crippen molar-refractivity contribution >= 4 is 46.7 Å². The van der Waals surface area contributed by atoms with Gasteiger partial charge < -0.3 is 18.9 Å². The van der Waals surface area contributed by atoms with Crippen LogP contribution in [-0.2, 0) is 32.2 Å². The molecule has 0 fully saturated rings. The third-order valence-electron chi connectivity index (χ3n) is 10.1. The standard InChI is InChI=1S/C48H36N2O10/c51-43-33-15-7-9-17-35(33)45(53)41-37(49-47(55)59-25-23-57-27-29-11-3-1-4-12-29)21-19-31(39(41)43)32-20-22-38(42-40(32)44(52)34-16-8-10-18-36(34)46(42)54)50-48(56)60-26-24-58-28-30-13-5-2-6-14-30/h1-22H,23-28H2,(H,49,55)(H,50,56). The summed E-state index contributed by atoms with van der Waals surface area (Å²) in [6, 6.07) is 37.5. The minimum Gasteiger partial charge on any atom is -0.447 e. The molecule has 0 aromatic heterocycles. The van der Waals surface area contributed by atoms with E-state index in [2.05, 4.69) is 10.6 Å². The SMILES string of the molecule is O=C(Nc1ccc(-c2ccc(NC(=O)OCCOCc3ccccc3)c3c2C(=O)c2ccccc2C3=O)c2c1C(=O)c1ccccc1C2=O)OCCOCc1ccccc1. The summed E-state index contributed by atoms with van der Waals surface area (Å²) >= 11 is 0. The molecule has 0 spiro atoms. The van der Waals surface area contributed by atoms with Gasteiger partial charge in [-0.3, -0.25) is 29.8 Å². The number of anilines is 2. The molecule has 0 bridgehead atoms. The molecule has 0 aliphatic heterocycles. The van der Waals surface area contributed by atoms with Crippen LogP contribution >= 0.6 is 0 Å². The zero-order valence-corrected chi connectivity index (χ0v) is 32.0. The second kappa shape index (κ2) is 17.5. The van der Waals surface area contributed by atoms with Gasteiger partial charge in [-0.2, -0.15) is 0 Å². The number of hydrogen-bond donors (Lipinski definition) is 2. The predicted octanol–water partition coefficient (Wildman–Crippen LogP) is 8.44. The highest BCUT2D eigenvalue weighted by molar-refractivity contribution is 6.35. The number of benzene rings is 6. The molecular weight excluding hydrogens is 765 g/mol. The summed E-state index contributed by atoms with van der Waals surface area (Å²) in [6.07, 6.45) is -1.76. The molecule has 8 rings (SSSR count). The van der Waals surface area contributed by atoms with Gasteiger partial charge in [0, 0.05) is 33.4 Å². The van der Waals surface area contributed by atoms with Crippen molar-refractivity contribution in [3.8, 4) is 11.1 Å². The van der Waals surface area contributed by atoms with E-state index in [0.29, 0.717) is 13.2 Å². The first-order chi connectivity index (χ1) is 29.3. The molecule has 2 aliphatic rings. The molecular formula is C48H36N2O10. The van der Waals surface area contributed by atoms with E-state index in [9.17, 15) is 28.8 Å².